The Morgan fingerprint density at radius 1 is 1.28 bits per heavy atom. The zero-order valence-electron chi connectivity index (χ0n) is 11.5. The summed E-state index contributed by atoms with van der Waals surface area (Å²) >= 11 is 0. The summed E-state index contributed by atoms with van der Waals surface area (Å²) in [4.78, 5) is 2.36. The summed E-state index contributed by atoms with van der Waals surface area (Å²) in [6, 6.07) is 2.42. The average Bonchev–Trinajstić information content (AvgIpc) is 2.90. The first-order valence-electron chi connectivity index (χ1n) is 7.06. The topological polar surface area (TPSA) is 45.5 Å². The number of nitrogens with zero attached hydrogens (tertiary/aromatic N) is 2. The van der Waals surface area contributed by atoms with Gasteiger partial charge in [0.1, 0.15) is 0 Å². The van der Waals surface area contributed by atoms with Crippen molar-refractivity contribution in [2.45, 2.75) is 38.9 Å². The molecule has 0 radical (unpaired) electrons. The smallest absolute Gasteiger partial charge is 0.0963 e. The van der Waals surface area contributed by atoms with Crippen molar-refractivity contribution < 1.29 is 9.47 Å². The van der Waals surface area contributed by atoms with Gasteiger partial charge in [-0.25, -0.2) is 0 Å². The molecule has 0 aliphatic carbocycles. The van der Waals surface area contributed by atoms with Gasteiger partial charge in [-0.05, 0) is 18.8 Å². The standard InChI is InChI=1S/C14H24N2O2/c1-11(2)12(8-15)9-16-5-7-18-14(10-16)13-4-3-6-17-13/h11-14H,3-7,9-10H2,1-2H3/t12-,13-,14+/m1/s1. The van der Waals surface area contributed by atoms with Gasteiger partial charge < -0.3 is 9.47 Å². The SMILES string of the molecule is CC(C)[C@H](C#N)CN1CCO[C@H]([C@H]2CCCO2)C1. The number of rotatable bonds is 4. The molecule has 0 saturated carbocycles. The van der Waals surface area contributed by atoms with Crippen LogP contribution in [0.1, 0.15) is 26.7 Å². The van der Waals surface area contributed by atoms with Crippen LogP contribution in [0.3, 0.4) is 0 Å². The summed E-state index contributed by atoms with van der Waals surface area (Å²) in [6.07, 6.45) is 2.74. The van der Waals surface area contributed by atoms with Gasteiger partial charge in [-0.3, -0.25) is 4.90 Å². The van der Waals surface area contributed by atoms with E-state index in [2.05, 4.69) is 24.8 Å². The van der Waals surface area contributed by atoms with Crippen molar-refractivity contribution in [2.24, 2.45) is 11.8 Å². The van der Waals surface area contributed by atoms with Gasteiger partial charge in [0.15, 0.2) is 0 Å². The molecule has 3 atom stereocenters. The molecule has 2 aliphatic rings. The molecular weight excluding hydrogens is 228 g/mol. The summed E-state index contributed by atoms with van der Waals surface area (Å²) in [5, 5.41) is 9.17. The molecule has 0 amide bonds. The summed E-state index contributed by atoms with van der Waals surface area (Å²) in [6.45, 7) is 8.58. The van der Waals surface area contributed by atoms with Crippen LogP contribution in [0.15, 0.2) is 0 Å². The van der Waals surface area contributed by atoms with Crippen LogP contribution in [0.2, 0.25) is 0 Å². The quantitative estimate of drug-likeness (QED) is 0.763. The minimum Gasteiger partial charge on any atom is -0.375 e. The highest BCUT2D eigenvalue weighted by atomic mass is 16.5. The van der Waals surface area contributed by atoms with Gasteiger partial charge in [-0.1, -0.05) is 13.8 Å². The molecule has 2 rings (SSSR count). The fourth-order valence-corrected chi connectivity index (χ4v) is 2.70. The summed E-state index contributed by atoms with van der Waals surface area (Å²) < 4.78 is 11.5. The second-order valence-corrected chi connectivity index (χ2v) is 5.70. The zero-order chi connectivity index (χ0) is 13.0. The second kappa shape index (κ2) is 6.51. The van der Waals surface area contributed by atoms with Gasteiger partial charge in [0.25, 0.3) is 0 Å². The van der Waals surface area contributed by atoms with Crippen molar-refractivity contribution in [3.05, 3.63) is 0 Å². The van der Waals surface area contributed by atoms with Crippen LogP contribution < -0.4 is 0 Å². The average molecular weight is 252 g/mol. The molecule has 2 saturated heterocycles. The van der Waals surface area contributed by atoms with E-state index < -0.39 is 0 Å². The summed E-state index contributed by atoms with van der Waals surface area (Å²) in [5.74, 6) is 0.535. The number of ether oxygens (including phenoxy) is 2. The Kier molecular flexibility index (Phi) is 4.99. The molecular formula is C14H24N2O2. The first kappa shape index (κ1) is 13.8. The maximum absolute atomic E-state index is 9.17. The van der Waals surface area contributed by atoms with Gasteiger partial charge >= 0.3 is 0 Å². The van der Waals surface area contributed by atoms with Crippen molar-refractivity contribution in [1.82, 2.24) is 4.90 Å². The Morgan fingerprint density at radius 2 is 2.06 bits per heavy atom. The molecule has 2 fully saturated rings. The molecule has 0 N–H and O–H groups in total. The lowest BCUT2D eigenvalue weighted by atomic mass is 9.96. The maximum atomic E-state index is 9.17. The lowest BCUT2D eigenvalue weighted by Gasteiger charge is -2.36. The summed E-state index contributed by atoms with van der Waals surface area (Å²) in [5.41, 5.74) is 0. The number of hydrogen-bond donors (Lipinski definition) is 0. The highest BCUT2D eigenvalue weighted by Gasteiger charge is 2.32. The molecule has 0 unspecified atom stereocenters. The molecule has 102 valence electrons. The third kappa shape index (κ3) is 3.44. The van der Waals surface area contributed by atoms with Gasteiger partial charge in [0.2, 0.25) is 0 Å². The monoisotopic (exact) mass is 252 g/mol. The maximum Gasteiger partial charge on any atom is 0.0963 e. The van der Waals surface area contributed by atoms with Crippen molar-refractivity contribution in [3.8, 4) is 6.07 Å². The van der Waals surface area contributed by atoms with Crippen LogP contribution >= 0.6 is 0 Å². The Labute approximate surface area is 110 Å². The van der Waals surface area contributed by atoms with E-state index in [1.54, 1.807) is 0 Å². The van der Waals surface area contributed by atoms with Gasteiger partial charge in [-0.2, -0.15) is 5.26 Å². The van der Waals surface area contributed by atoms with Gasteiger partial charge in [0, 0.05) is 26.2 Å². The molecule has 0 aromatic heterocycles. The first-order valence-corrected chi connectivity index (χ1v) is 7.06. The van der Waals surface area contributed by atoms with E-state index in [1.165, 1.54) is 0 Å². The van der Waals surface area contributed by atoms with Crippen LogP contribution in [-0.2, 0) is 9.47 Å². The van der Waals surface area contributed by atoms with Gasteiger partial charge in [-0.15, -0.1) is 0 Å². The molecule has 0 aromatic rings. The van der Waals surface area contributed by atoms with Crippen LogP contribution in [-0.4, -0.2) is 50.0 Å². The Balaban J connectivity index is 1.84. The molecule has 4 nitrogen and oxygen atoms in total. The Morgan fingerprint density at radius 3 is 2.67 bits per heavy atom. The van der Waals surface area contributed by atoms with E-state index in [9.17, 15) is 5.26 Å². The van der Waals surface area contributed by atoms with Crippen molar-refractivity contribution in [1.29, 1.82) is 5.26 Å². The number of hydrogen-bond acceptors (Lipinski definition) is 4. The van der Waals surface area contributed by atoms with E-state index in [4.69, 9.17) is 9.47 Å². The molecule has 0 bridgehead atoms. The molecule has 2 aliphatic heterocycles. The largest absolute Gasteiger partial charge is 0.375 e. The second-order valence-electron chi connectivity index (χ2n) is 5.70. The molecule has 0 aromatic carbocycles. The zero-order valence-corrected chi connectivity index (χ0v) is 11.5. The molecule has 18 heavy (non-hydrogen) atoms. The highest BCUT2D eigenvalue weighted by molar-refractivity contribution is 4.89. The molecule has 2 heterocycles. The lowest BCUT2D eigenvalue weighted by molar-refractivity contribution is -0.0961. The van der Waals surface area contributed by atoms with Crippen LogP contribution in [0.25, 0.3) is 0 Å². The van der Waals surface area contributed by atoms with E-state index >= 15 is 0 Å². The van der Waals surface area contributed by atoms with E-state index in [-0.39, 0.29) is 18.1 Å². The Hall–Kier alpha value is -0.630. The fraction of sp³-hybridized carbons (Fsp3) is 0.929. The van der Waals surface area contributed by atoms with E-state index in [0.29, 0.717) is 5.92 Å². The minimum absolute atomic E-state index is 0.119. The third-order valence-corrected chi connectivity index (χ3v) is 3.98. The highest BCUT2D eigenvalue weighted by Crippen LogP contribution is 2.22. The van der Waals surface area contributed by atoms with E-state index in [1.807, 2.05) is 0 Å². The van der Waals surface area contributed by atoms with Crippen LogP contribution in [0.4, 0.5) is 0 Å². The third-order valence-electron chi connectivity index (χ3n) is 3.98. The molecule has 0 spiro atoms. The first-order chi connectivity index (χ1) is 8.70. The summed E-state index contributed by atoms with van der Waals surface area (Å²) in [7, 11) is 0. The lowest BCUT2D eigenvalue weighted by Crippen LogP contribution is -2.49. The predicted octanol–water partition coefficient (Wildman–Crippen LogP) is 1.66. The number of morpholine rings is 1. The molecule has 4 heteroatoms. The Bertz CT molecular complexity index is 295. The number of nitriles is 1. The van der Waals surface area contributed by atoms with Gasteiger partial charge in [0.05, 0.1) is 30.8 Å². The van der Waals surface area contributed by atoms with Crippen molar-refractivity contribution >= 4 is 0 Å². The fourth-order valence-electron chi connectivity index (χ4n) is 2.70. The predicted molar refractivity (Wildman–Crippen MR) is 69.1 cm³/mol. The van der Waals surface area contributed by atoms with Crippen molar-refractivity contribution in [2.75, 3.05) is 32.8 Å². The van der Waals surface area contributed by atoms with Crippen LogP contribution in [0, 0.1) is 23.2 Å². The van der Waals surface area contributed by atoms with Crippen molar-refractivity contribution in [3.63, 3.8) is 0 Å². The van der Waals surface area contributed by atoms with E-state index in [0.717, 1.165) is 45.7 Å². The normalized spacial score (nSPS) is 31.4. The minimum atomic E-state index is 0.119. The van der Waals surface area contributed by atoms with Crippen LogP contribution in [0.5, 0.6) is 0 Å².